The molecule has 16 heavy (non-hydrogen) atoms. The second-order valence-corrected chi connectivity index (χ2v) is 4.08. The summed E-state index contributed by atoms with van der Waals surface area (Å²) in [7, 11) is 0. The van der Waals surface area contributed by atoms with Gasteiger partial charge < -0.3 is 22.1 Å². The van der Waals surface area contributed by atoms with Crippen LogP contribution in [-0.4, -0.2) is 37.0 Å². The van der Waals surface area contributed by atoms with Crippen LogP contribution in [0.2, 0.25) is 0 Å². The summed E-state index contributed by atoms with van der Waals surface area (Å²) >= 11 is 0. The van der Waals surface area contributed by atoms with Gasteiger partial charge in [0.25, 0.3) is 0 Å². The predicted molar refractivity (Wildman–Crippen MR) is 60.4 cm³/mol. The Labute approximate surface area is 95.1 Å². The highest BCUT2D eigenvalue weighted by Crippen LogP contribution is 1.98. The smallest absolute Gasteiger partial charge is 0.236 e. The van der Waals surface area contributed by atoms with Crippen molar-refractivity contribution in [2.24, 2.45) is 11.5 Å². The van der Waals surface area contributed by atoms with Gasteiger partial charge in [0.1, 0.15) is 0 Å². The molecule has 0 aliphatic carbocycles. The summed E-state index contributed by atoms with van der Waals surface area (Å²) in [6, 6.07) is -0.963. The van der Waals surface area contributed by atoms with Crippen molar-refractivity contribution < 1.29 is 9.59 Å². The van der Waals surface area contributed by atoms with Gasteiger partial charge in [-0.2, -0.15) is 0 Å². The highest BCUT2D eigenvalue weighted by molar-refractivity contribution is 5.82. The molecule has 0 bridgehead atoms. The summed E-state index contributed by atoms with van der Waals surface area (Å²) in [5, 5.41) is 5.47. The Bertz CT molecular complexity index is 231. The average Bonchev–Trinajstić information content (AvgIpc) is 2.27. The third-order valence-electron chi connectivity index (χ3n) is 2.66. The lowest BCUT2D eigenvalue weighted by Gasteiger charge is -2.16. The van der Waals surface area contributed by atoms with Gasteiger partial charge in [0.05, 0.1) is 12.1 Å². The number of amides is 2. The second kappa shape index (κ2) is 6.44. The van der Waals surface area contributed by atoms with Crippen molar-refractivity contribution in [3.05, 3.63) is 0 Å². The maximum Gasteiger partial charge on any atom is 0.236 e. The molecule has 2 amide bonds. The topological polar surface area (TPSA) is 110 Å². The van der Waals surface area contributed by atoms with Gasteiger partial charge in [-0.05, 0) is 25.7 Å². The van der Waals surface area contributed by atoms with E-state index >= 15 is 0 Å². The Morgan fingerprint density at radius 2 is 1.25 bits per heavy atom. The normalized spacial score (nSPS) is 29.6. The standard InChI is InChI=1S/C10H20N4O2/c11-7-3-1-5-13-10(16)8(12)4-2-6-14-9(7)15/h7-8H,1-6,11-12H2,(H,13,16)(H,14,15). The quantitative estimate of drug-likeness (QED) is 0.402. The van der Waals surface area contributed by atoms with Crippen LogP contribution in [0.25, 0.3) is 0 Å². The van der Waals surface area contributed by atoms with E-state index in [-0.39, 0.29) is 11.8 Å². The van der Waals surface area contributed by atoms with Crippen molar-refractivity contribution in [1.82, 2.24) is 10.6 Å². The van der Waals surface area contributed by atoms with Crippen LogP contribution >= 0.6 is 0 Å². The SMILES string of the molecule is NC1CCCNC(=O)C(N)CCCNC1=O. The third-order valence-corrected chi connectivity index (χ3v) is 2.66. The van der Waals surface area contributed by atoms with E-state index in [0.717, 1.165) is 0 Å². The Kier molecular flexibility index (Phi) is 5.21. The van der Waals surface area contributed by atoms with Crippen molar-refractivity contribution in [1.29, 1.82) is 0 Å². The van der Waals surface area contributed by atoms with Gasteiger partial charge in [0.2, 0.25) is 11.8 Å². The molecule has 0 aromatic carbocycles. The van der Waals surface area contributed by atoms with Crippen molar-refractivity contribution in [3.8, 4) is 0 Å². The van der Waals surface area contributed by atoms with Crippen molar-refractivity contribution >= 4 is 11.8 Å². The molecule has 92 valence electrons. The van der Waals surface area contributed by atoms with E-state index in [4.69, 9.17) is 11.5 Å². The van der Waals surface area contributed by atoms with Crippen LogP contribution < -0.4 is 22.1 Å². The number of carbonyl (C=O) groups is 2. The molecular weight excluding hydrogens is 208 g/mol. The summed E-state index contributed by atoms with van der Waals surface area (Å²) in [5.41, 5.74) is 11.3. The maximum absolute atomic E-state index is 11.4. The van der Waals surface area contributed by atoms with E-state index < -0.39 is 12.1 Å². The fourth-order valence-corrected chi connectivity index (χ4v) is 1.59. The number of nitrogens with two attached hydrogens (primary N) is 2. The molecule has 1 heterocycles. The minimum atomic E-state index is -0.481. The summed E-state index contributed by atoms with van der Waals surface area (Å²) in [6.07, 6.45) is 2.52. The summed E-state index contributed by atoms with van der Waals surface area (Å²) in [4.78, 5) is 22.8. The highest BCUT2D eigenvalue weighted by Gasteiger charge is 2.16. The fourth-order valence-electron chi connectivity index (χ4n) is 1.59. The second-order valence-electron chi connectivity index (χ2n) is 4.08. The lowest BCUT2D eigenvalue weighted by molar-refractivity contribution is -0.122. The molecule has 1 rings (SSSR count). The van der Waals surface area contributed by atoms with E-state index in [1.54, 1.807) is 0 Å². The summed E-state index contributed by atoms with van der Waals surface area (Å²) < 4.78 is 0. The molecule has 1 aliphatic rings. The average molecular weight is 228 g/mol. The largest absolute Gasteiger partial charge is 0.355 e. The zero-order valence-corrected chi connectivity index (χ0v) is 9.37. The number of hydrogen-bond donors (Lipinski definition) is 4. The number of hydrogen-bond acceptors (Lipinski definition) is 4. The predicted octanol–water partition coefficient (Wildman–Crippen LogP) is -1.55. The van der Waals surface area contributed by atoms with Crippen molar-refractivity contribution in [2.75, 3.05) is 13.1 Å². The minimum Gasteiger partial charge on any atom is -0.355 e. The first-order chi connectivity index (χ1) is 7.61. The van der Waals surface area contributed by atoms with E-state index in [9.17, 15) is 9.59 Å². The van der Waals surface area contributed by atoms with Crippen LogP contribution in [0.15, 0.2) is 0 Å². The first-order valence-electron chi connectivity index (χ1n) is 5.68. The first kappa shape index (κ1) is 12.9. The van der Waals surface area contributed by atoms with Crippen LogP contribution in [0.1, 0.15) is 25.7 Å². The first-order valence-corrected chi connectivity index (χ1v) is 5.68. The van der Waals surface area contributed by atoms with Crippen LogP contribution in [-0.2, 0) is 9.59 Å². The highest BCUT2D eigenvalue weighted by atomic mass is 16.2. The Morgan fingerprint density at radius 3 is 1.62 bits per heavy atom. The van der Waals surface area contributed by atoms with Gasteiger partial charge >= 0.3 is 0 Å². The van der Waals surface area contributed by atoms with Crippen LogP contribution in [0, 0.1) is 0 Å². The van der Waals surface area contributed by atoms with Crippen molar-refractivity contribution in [2.45, 2.75) is 37.8 Å². The zero-order valence-electron chi connectivity index (χ0n) is 9.37. The Morgan fingerprint density at radius 1 is 0.875 bits per heavy atom. The monoisotopic (exact) mass is 228 g/mol. The lowest BCUT2D eigenvalue weighted by Crippen LogP contribution is -2.45. The molecule has 0 aromatic heterocycles. The fraction of sp³-hybridized carbons (Fsp3) is 0.800. The maximum atomic E-state index is 11.4. The molecule has 1 fully saturated rings. The van der Waals surface area contributed by atoms with Gasteiger partial charge in [-0.25, -0.2) is 0 Å². The minimum absolute atomic E-state index is 0.125. The molecule has 1 aliphatic heterocycles. The molecule has 6 nitrogen and oxygen atoms in total. The lowest BCUT2D eigenvalue weighted by atomic mass is 10.1. The van der Waals surface area contributed by atoms with Crippen molar-refractivity contribution in [3.63, 3.8) is 0 Å². The van der Waals surface area contributed by atoms with Crippen LogP contribution in [0.3, 0.4) is 0 Å². The molecule has 2 atom stereocenters. The van der Waals surface area contributed by atoms with E-state index in [2.05, 4.69) is 10.6 Å². The van der Waals surface area contributed by atoms with E-state index in [1.807, 2.05) is 0 Å². The van der Waals surface area contributed by atoms with Gasteiger partial charge in [-0.3, -0.25) is 9.59 Å². The van der Waals surface area contributed by atoms with Gasteiger partial charge in [-0.15, -0.1) is 0 Å². The van der Waals surface area contributed by atoms with E-state index in [0.29, 0.717) is 38.8 Å². The molecule has 2 unspecified atom stereocenters. The third kappa shape index (κ3) is 4.16. The van der Waals surface area contributed by atoms with Crippen LogP contribution in [0.4, 0.5) is 0 Å². The summed E-state index contributed by atoms with van der Waals surface area (Å²) in [6.45, 7) is 1.04. The Hall–Kier alpha value is -1.14. The van der Waals surface area contributed by atoms with Gasteiger partial charge in [0.15, 0.2) is 0 Å². The van der Waals surface area contributed by atoms with E-state index in [1.165, 1.54) is 0 Å². The number of carbonyl (C=O) groups excluding carboxylic acids is 2. The van der Waals surface area contributed by atoms with Crippen LogP contribution in [0.5, 0.6) is 0 Å². The van der Waals surface area contributed by atoms with Gasteiger partial charge in [-0.1, -0.05) is 0 Å². The number of rotatable bonds is 0. The molecule has 6 heteroatoms. The van der Waals surface area contributed by atoms with Gasteiger partial charge in [0, 0.05) is 13.1 Å². The molecule has 0 radical (unpaired) electrons. The molecule has 0 aromatic rings. The Balaban J connectivity index is 2.45. The summed E-state index contributed by atoms with van der Waals surface area (Å²) in [5.74, 6) is -0.249. The number of nitrogens with one attached hydrogen (secondary N) is 2. The molecule has 0 saturated carbocycles. The zero-order chi connectivity index (χ0) is 12.0. The molecule has 0 spiro atoms. The molecule has 6 N–H and O–H groups in total. The molecule has 1 saturated heterocycles. The molecular formula is C10H20N4O2.